The van der Waals surface area contributed by atoms with Crippen LogP contribution in [-0.2, 0) is 19.1 Å². The van der Waals surface area contributed by atoms with E-state index in [1.54, 1.807) is 0 Å². The topological polar surface area (TPSA) is 84.5 Å². The molecule has 0 spiro atoms. The van der Waals surface area contributed by atoms with E-state index in [0.29, 0.717) is 0 Å². The summed E-state index contributed by atoms with van der Waals surface area (Å²) in [7, 11) is 0. The number of para-hydroxylation sites is 1. The minimum atomic E-state index is -0.563. The van der Waals surface area contributed by atoms with Crippen LogP contribution in [-0.4, -0.2) is 35.2 Å². The van der Waals surface area contributed by atoms with Crippen LogP contribution in [0.15, 0.2) is 29.2 Å². The van der Waals surface area contributed by atoms with Crippen LogP contribution in [0.1, 0.15) is 33.6 Å². The molecular weight excluding hydrogens is 328 g/mol. The minimum Gasteiger partial charge on any atom is -0.456 e. The molecule has 0 bridgehead atoms. The molecule has 2 N–H and O–H groups in total. The second kappa shape index (κ2) is 7.70. The molecule has 6 nitrogen and oxygen atoms in total. The maximum Gasteiger partial charge on any atom is 0.307 e. The summed E-state index contributed by atoms with van der Waals surface area (Å²) in [6.45, 7) is 5.42. The van der Waals surface area contributed by atoms with Crippen LogP contribution in [0.5, 0.6) is 0 Å². The Hall–Kier alpha value is -2.02. The molecule has 2 rings (SSSR count). The van der Waals surface area contributed by atoms with Gasteiger partial charge in [-0.2, -0.15) is 0 Å². The van der Waals surface area contributed by atoms with Gasteiger partial charge in [0.15, 0.2) is 6.61 Å². The Morgan fingerprint density at radius 2 is 2.04 bits per heavy atom. The predicted molar refractivity (Wildman–Crippen MR) is 92.8 cm³/mol. The SMILES string of the molecule is CCC(C)(C)NC(=O)COC(=O)C[C@@H]1Sc2ccccc2NC1=O. The van der Waals surface area contributed by atoms with E-state index in [1.807, 2.05) is 45.0 Å². The number of rotatable bonds is 6. The molecule has 0 unspecified atom stereocenters. The van der Waals surface area contributed by atoms with Crippen molar-refractivity contribution in [1.29, 1.82) is 0 Å². The first kappa shape index (κ1) is 18.3. The molecule has 1 aliphatic rings. The van der Waals surface area contributed by atoms with Crippen molar-refractivity contribution in [2.24, 2.45) is 0 Å². The lowest BCUT2D eigenvalue weighted by atomic mass is 10.0. The van der Waals surface area contributed by atoms with E-state index >= 15 is 0 Å². The van der Waals surface area contributed by atoms with Crippen molar-refractivity contribution in [2.75, 3.05) is 11.9 Å². The van der Waals surface area contributed by atoms with Crippen LogP contribution in [0.4, 0.5) is 5.69 Å². The molecule has 1 aromatic carbocycles. The Kier molecular flexibility index (Phi) is 5.88. The van der Waals surface area contributed by atoms with Crippen LogP contribution >= 0.6 is 11.8 Å². The van der Waals surface area contributed by atoms with E-state index in [-0.39, 0.29) is 30.4 Å². The lowest BCUT2D eigenvalue weighted by Gasteiger charge is -2.25. The summed E-state index contributed by atoms with van der Waals surface area (Å²) in [6, 6.07) is 7.41. The first-order valence-electron chi connectivity index (χ1n) is 7.84. The fraction of sp³-hybridized carbons (Fsp3) is 0.471. The fourth-order valence-electron chi connectivity index (χ4n) is 2.09. The number of anilines is 1. The number of carbonyl (C=O) groups excluding carboxylic acids is 3. The number of thioether (sulfide) groups is 1. The number of benzene rings is 1. The third kappa shape index (κ3) is 4.99. The third-order valence-corrected chi connectivity index (χ3v) is 5.06. The molecule has 24 heavy (non-hydrogen) atoms. The standard InChI is InChI=1S/C17H22N2O4S/c1-4-17(2,3)19-14(20)10-23-15(21)9-13-16(22)18-11-7-5-6-8-12(11)24-13/h5-8,13H,4,9-10H2,1-3H3,(H,18,22)(H,19,20)/t13-/m0/s1. The van der Waals surface area contributed by atoms with Gasteiger partial charge in [-0.15, -0.1) is 11.8 Å². The lowest BCUT2D eigenvalue weighted by Crippen LogP contribution is -2.44. The van der Waals surface area contributed by atoms with Gasteiger partial charge in [-0.25, -0.2) is 0 Å². The maximum absolute atomic E-state index is 12.0. The van der Waals surface area contributed by atoms with Gasteiger partial charge in [0.25, 0.3) is 5.91 Å². The average molecular weight is 350 g/mol. The van der Waals surface area contributed by atoms with Crippen LogP contribution in [0.25, 0.3) is 0 Å². The first-order valence-corrected chi connectivity index (χ1v) is 8.72. The molecular formula is C17H22N2O4S. The Morgan fingerprint density at radius 3 is 2.75 bits per heavy atom. The number of nitrogens with one attached hydrogen (secondary N) is 2. The van der Waals surface area contributed by atoms with Crippen molar-refractivity contribution in [3.63, 3.8) is 0 Å². The second-order valence-corrected chi connectivity index (χ2v) is 7.49. The molecule has 1 aromatic rings. The van der Waals surface area contributed by atoms with E-state index in [1.165, 1.54) is 11.8 Å². The van der Waals surface area contributed by atoms with Crippen molar-refractivity contribution < 1.29 is 19.1 Å². The zero-order valence-electron chi connectivity index (χ0n) is 14.0. The summed E-state index contributed by atoms with van der Waals surface area (Å²) in [5.74, 6) is -1.14. The molecule has 0 saturated heterocycles. The zero-order chi connectivity index (χ0) is 17.7. The molecule has 1 heterocycles. The predicted octanol–water partition coefficient (Wildman–Crippen LogP) is 2.34. The van der Waals surface area contributed by atoms with Crippen LogP contribution in [0, 0.1) is 0 Å². The summed E-state index contributed by atoms with van der Waals surface area (Å²) in [4.78, 5) is 36.6. The number of carbonyl (C=O) groups is 3. The minimum absolute atomic E-state index is 0.0741. The third-order valence-electron chi connectivity index (χ3n) is 3.78. The Labute approximate surface area is 145 Å². The first-order chi connectivity index (χ1) is 11.3. The van der Waals surface area contributed by atoms with E-state index in [4.69, 9.17) is 4.74 Å². The Morgan fingerprint density at radius 1 is 1.33 bits per heavy atom. The van der Waals surface area contributed by atoms with Gasteiger partial charge < -0.3 is 15.4 Å². The van der Waals surface area contributed by atoms with E-state index < -0.39 is 11.2 Å². The highest BCUT2D eigenvalue weighted by Gasteiger charge is 2.29. The highest BCUT2D eigenvalue weighted by atomic mass is 32.2. The molecule has 0 fully saturated rings. The number of hydrogen-bond acceptors (Lipinski definition) is 5. The van der Waals surface area contributed by atoms with E-state index in [9.17, 15) is 14.4 Å². The van der Waals surface area contributed by atoms with E-state index in [2.05, 4.69) is 10.6 Å². The van der Waals surface area contributed by atoms with Gasteiger partial charge in [-0.3, -0.25) is 14.4 Å². The fourth-order valence-corrected chi connectivity index (χ4v) is 3.18. The Bertz CT molecular complexity index is 645. The van der Waals surface area contributed by atoms with Gasteiger partial charge >= 0.3 is 5.97 Å². The van der Waals surface area contributed by atoms with E-state index in [0.717, 1.165) is 17.0 Å². The molecule has 2 amide bonds. The number of esters is 1. The van der Waals surface area contributed by atoms with Crippen molar-refractivity contribution in [1.82, 2.24) is 5.32 Å². The zero-order valence-corrected chi connectivity index (χ0v) is 14.9. The van der Waals surface area contributed by atoms with Gasteiger partial charge in [0, 0.05) is 10.4 Å². The number of amides is 2. The van der Waals surface area contributed by atoms with Crippen molar-refractivity contribution in [3.8, 4) is 0 Å². The highest BCUT2D eigenvalue weighted by molar-refractivity contribution is 8.01. The van der Waals surface area contributed by atoms with Gasteiger partial charge in [0.1, 0.15) is 0 Å². The van der Waals surface area contributed by atoms with Crippen molar-refractivity contribution >= 4 is 35.2 Å². The van der Waals surface area contributed by atoms with Crippen molar-refractivity contribution in [3.05, 3.63) is 24.3 Å². The molecule has 0 aliphatic carbocycles. The summed E-state index contributed by atoms with van der Waals surface area (Å²) >= 11 is 1.33. The molecule has 7 heteroatoms. The Balaban J connectivity index is 1.83. The largest absolute Gasteiger partial charge is 0.456 e. The van der Waals surface area contributed by atoms with Crippen LogP contribution < -0.4 is 10.6 Å². The summed E-state index contributed by atoms with van der Waals surface area (Å²) in [5.41, 5.74) is 0.407. The average Bonchev–Trinajstić information content (AvgIpc) is 2.53. The lowest BCUT2D eigenvalue weighted by molar-refractivity contribution is -0.149. The second-order valence-electron chi connectivity index (χ2n) is 6.24. The molecule has 0 aromatic heterocycles. The number of hydrogen-bond donors (Lipinski definition) is 2. The normalized spacial score (nSPS) is 16.8. The molecule has 1 atom stereocenters. The molecule has 0 saturated carbocycles. The smallest absolute Gasteiger partial charge is 0.307 e. The summed E-state index contributed by atoms with van der Waals surface area (Å²) in [5, 5.41) is 5.00. The van der Waals surface area contributed by atoms with Gasteiger partial charge in [-0.1, -0.05) is 19.1 Å². The van der Waals surface area contributed by atoms with Crippen molar-refractivity contribution in [2.45, 2.75) is 49.3 Å². The van der Waals surface area contributed by atoms with Gasteiger partial charge in [0.05, 0.1) is 17.4 Å². The van der Waals surface area contributed by atoms with Crippen LogP contribution in [0.2, 0.25) is 0 Å². The number of fused-ring (bicyclic) bond motifs is 1. The van der Waals surface area contributed by atoms with Crippen LogP contribution in [0.3, 0.4) is 0 Å². The quantitative estimate of drug-likeness (QED) is 0.769. The molecule has 130 valence electrons. The molecule has 0 radical (unpaired) electrons. The molecule has 1 aliphatic heterocycles. The van der Waals surface area contributed by atoms with Gasteiger partial charge in [0.2, 0.25) is 5.91 Å². The number of ether oxygens (including phenoxy) is 1. The van der Waals surface area contributed by atoms with Gasteiger partial charge in [-0.05, 0) is 32.4 Å². The highest BCUT2D eigenvalue weighted by Crippen LogP contribution is 2.36. The summed E-state index contributed by atoms with van der Waals surface area (Å²) in [6.07, 6.45) is 0.695. The summed E-state index contributed by atoms with van der Waals surface area (Å²) < 4.78 is 4.99. The monoisotopic (exact) mass is 350 g/mol. The maximum atomic E-state index is 12.0.